The third-order valence-corrected chi connectivity index (χ3v) is 7.29. The highest BCUT2D eigenvalue weighted by molar-refractivity contribution is 7.99. The first kappa shape index (κ1) is 21.6. The molecule has 0 atom stereocenters. The molecular weight excluding hydrogens is 446 g/mol. The number of thioether (sulfide) groups is 2. The molecule has 0 unspecified atom stereocenters. The number of carbonyl (C=O) groups excluding carboxylic acids is 1. The second-order valence-electron chi connectivity index (χ2n) is 6.72. The van der Waals surface area contributed by atoms with Crippen LogP contribution in [0.4, 0.5) is 5.13 Å². The summed E-state index contributed by atoms with van der Waals surface area (Å²) in [5, 5.41) is 12.8. The van der Waals surface area contributed by atoms with E-state index in [1.165, 1.54) is 33.6 Å². The maximum absolute atomic E-state index is 12.4. The Labute approximate surface area is 193 Å². The molecule has 1 N–H and O–H groups in total. The van der Waals surface area contributed by atoms with Crippen molar-refractivity contribution in [1.82, 2.24) is 19.7 Å². The molecule has 4 aromatic rings. The highest BCUT2D eigenvalue weighted by Gasteiger charge is 2.15. The lowest BCUT2D eigenvalue weighted by Crippen LogP contribution is -2.14. The Bertz CT molecular complexity index is 1170. The lowest BCUT2D eigenvalue weighted by molar-refractivity contribution is -0.113. The van der Waals surface area contributed by atoms with Gasteiger partial charge in [-0.3, -0.25) is 4.79 Å². The van der Waals surface area contributed by atoms with Crippen molar-refractivity contribution in [3.05, 3.63) is 72.6 Å². The minimum Gasteiger partial charge on any atom is -0.301 e. The van der Waals surface area contributed by atoms with Crippen molar-refractivity contribution in [2.45, 2.75) is 29.3 Å². The van der Waals surface area contributed by atoms with Gasteiger partial charge in [-0.25, -0.2) is 4.98 Å². The van der Waals surface area contributed by atoms with E-state index in [0.717, 1.165) is 16.0 Å². The van der Waals surface area contributed by atoms with Crippen molar-refractivity contribution in [3.63, 3.8) is 0 Å². The van der Waals surface area contributed by atoms with Gasteiger partial charge in [-0.2, -0.15) is 0 Å². The smallest absolute Gasteiger partial charge is 0.236 e. The molecule has 0 aliphatic heterocycles. The van der Waals surface area contributed by atoms with E-state index in [9.17, 15) is 4.79 Å². The highest BCUT2D eigenvalue weighted by Crippen LogP contribution is 2.27. The van der Waals surface area contributed by atoms with Crippen LogP contribution in [-0.2, 0) is 17.1 Å². The minimum atomic E-state index is -0.118. The van der Waals surface area contributed by atoms with E-state index in [0.29, 0.717) is 22.6 Å². The molecule has 9 heteroatoms. The van der Waals surface area contributed by atoms with Crippen LogP contribution in [-0.4, -0.2) is 31.4 Å². The number of aryl methyl sites for hydroxylation is 1. The van der Waals surface area contributed by atoms with E-state index in [2.05, 4.69) is 58.3 Å². The Hall–Kier alpha value is -2.62. The van der Waals surface area contributed by atoms with Crippen molar-refractivity contribution < 1.29 is 4.79 Å². The number of para-hydroxylation sites is 1. The van der Waals surface area contributed by atoms with Gasteiger partial charge in [0.25, 0.3) is 0 Å². The summed E-state index contributed by atoms with van der Waals surface area (Å²) in [7, 11) is 0. The molecule has 4 rings (SSSR count). The van der Waals surface area contributed by atoms with Crippen LogP contribution in [0.5, 0.6) is 0 Å². The number of hydrogen-bond donors (Lipinski definition) is 1. The Morgan fingerprint density at radius 2 is 1.97 bits per heavy atom. The Balaban J connectivity index is 1.37. The molecule has 2 aromatic carbocycles. The molecule has 6 nitrogen and oxygen atoms in total. The molecule has 0 radical (unpaired) electrons. The molecule has 158 valence electrons. The summed E-state index contributed by atoms with van der Waals surface area (Å²) in [5.41, 5.74) is 2.12. The van der Waals surface area contributed by atoms with Crippen molar-refractivity contribution in [2.24, 2.45) is 0 Å². The summed E-state index contributed by atoms with van der Waals surface area (Å²) in [6.07, 6.45) is 1.81. The SMILES string of the molecule is C=CCn1c(CSc2ccc(C)cc2)nnc1SCC(=O)Nc1nc2ccccc2s1. The van der Waals surface area contributed by atoms with Gasteiger partial charge in [0, 0.05) is 11.4 Å². The van der Waals surface area contributed by atoms with Crippen molar-refractivity contribution in [1.29, 1.82) is 0 Å². The lowest BCUT2D eigenvalue weighted by atomic mass is 10.2. The van der Waals surface area contributed by atoms with Crippen LogP contribution in [0.1, 0.15) is 11.4 Å². The van der Waals surface area contributed by atoms with Crippen molar-refractivity contribution >= 4 is 56.1 Å². The molecule has 0 saturated heterocycles. The van der Waals surface area contributed by atoms with Crippen LogP contribution in [0.3, 0.4) is 0 Å². The van der Waals surface area contributed by atoms with Gasteiger partial charge in [-0.05, 0) is 31.2 Å². The van der Waals surface area contributed by atoms with Gasteiger partial charge in [-0.15, -0.1) is 28.5 Å². The van der Waals surface area contributed by atoms with Gasteiger partial charge in [-0.1, -0.05) is 59.0 Å². The molecule has 0 saturated carbocycles. The Morgan fingerprint density at radius 3 is 2.74 bits per heavy atom. The standard InChI is InChI=1S/C22H21N5OS3/c1-3-12-27-19(13-29-16-10-8-15(2)9-11-16)25-26-22(27)30-14-20(28)24-21-23-17-6-4-5-7-18(17)31-21/h3-11H,1,12-14H2,2H3,(H,23,24,28). The van der Waals surface area contributed by atoms with Gasteiger partial charge in [0.2, 0.25) is 5.91 Å². The second-order valence-corrected chi connectivity index (χ2v) is 9.75. The zero-order chi connectivity index (χ0) is 21.6. The lowest BCUT2D eigenvalue weighted by Gasteiger charge is -2.08. The summed E-state index contributed by atoms with van der Waals surface area (Å²) >= 11 is 4.54. The largest absolute Gasteiger partial charge is 0.301 e. The van der Waals surface area contributed by atoms with E-state index in [1.807, 2.05) is 34.9 Å². The molecule has 0 fully saturated rings. The number of benzene rings is 2. The number of allylic oxidation sites excluding steroid dienone is 1. The average molecular weight is 468 g/mol. The van der Waals surface area contributed by atoms with Crippen molar-refractivity contribution in [2.75, 3.05) is 11.1 Å². The maximum Gasteiger partial charge on any atom is 0.236 e. The topological polar surface area (TPSA) is 72.7 Å². The van der Waals surface area contributed by atoms with Crippen LogP contribution in [0.2, 0.25) is 0 Å². The fraction of sp³-hybridized carbons (Fsp3) is 0.182. The molecule has 0 bridgehead atoms. The molecule has 0 aliphatic carbocycles. The number of amides is 1. The number of hydrogen-bond acceptors (Lipinski definition) is 7. The van der Waals surface area contributed by atoms with E-state index in [4.69, 9.17) is 0 Å². The number of carbonyl (C=O) groups is 1. The number of fused-ring (bicyclic) bond motifs is 1. The van der Waals surface area contributed by atoms with Crippen LogP contribution in [0.25, 0.3) is 10.2 Å². The normalized spacial score (nSPS) is 11.0. The van der Waals surface area contributed by atoms with Crippen LogP contribution in [0, 0.1) is 6.92 Å². The monoisotopic (exact) mass is 467 g/mol. The third-order valence-electron chi connectivity index (χ3n) is 4.37. The van der Waals surface area contributed by atoms with E-state index < -0.39 is 0 Å². The number of anilines is 1. The predicted octanol–water partition coefficient (Wildman–Crippen LogP) is 5.41. The number of nitrogens with zero attached hydrogens (tertiary/aromatic N) is 4. The Kier molecular flexibility index (Phi) is 7.06. The van der Waals surface area contributed by atoms with Gasteiger partial charge in [0.05, 0.1) is 21.7 Å². The van der Waals surface area contributed by atoms with Crippen LogP contribution < -0.4 is 5.32 Å². The van der Waals surface area contributed by atoms with Gasteiger partial charge >= 0.3 is 0 Å². The average Bonchev–Trinajstić information content (AvgIpc) is 3.35. The molecular formula is C22H21N5OS3. The van der Waals surface area contributed by atoms with E-state index in [-0.39, 0.29) is 11.7 Å². The van der Waals surface area contributed by atoms with Gasteiger partial charge in [0.15, 0.2) is 10.3 Å². The number of nitrogens with one attached hydrogen (secondary N) is 1. The van der Waals surface area contributed by atoms with E-state index in [1.54, 1.807) is 11.8 Å². The number of aromatic nitrogens is 4. The fourth-order valence-corrected chi connectivity index (χ4v) is 5.33. The number of rotatable bonds is 9. The minimum absolute atomic E-state index is 0.118. The summed E-state index contributed by atoms with van der Waals surface area (Å²) < 4.78 is 3.05. The molecule has 2 aromatic heterocycles. The first-order valence-electron chi connectivity index (χ1n) is 9.63. The molecule has 0 spiro atoms. The molecule has 31 heavy (non-hydrogen) atoms. The zero-order valence-corrected chi connectivity index (χ0v) is 19.4. The molecule has 2 heterocycles. The summed E-state index contributed by atoms with van der Waals surface area (Å²) in [6.45, 7) is 6.51. The van der Waals surface area contributed by atoms with Crippen LogP contribution in [0.15, 0.2) is 71.2 Å². The Morgan fingerprint density at radius 1 is 1.16 bits per heavy atom. The first-order valence-corrected chi connectivity index (χ1v) is 12.4. The summed E-state index contributed by atoms with van der Waals surface area (Å²) in [6, 6.07) is 16.2. The van der Waals surface area contributed by atoms with Crippen molar-refractivity contribution in [3.8, 4) is 0 Å². The summed E-state index contributed by atoms with van der Waals surface area (Å²) in [5.74, 6) is 1.67. The van der Waals surface area contributed by atoms with Gasteiger partial charge < -0.3 is 9.88 Å². The maximum atomic E-state index is 12.4. The quantitative estimate of drug-likeness (QED) is 0.262. The third kappa shape index (κ3) is 5.55. The van der Waals surface area contributed by atoms with Crippen LogP contribution >= 0.6 is 34.9 Å². The predicted molar refractivity (Wildman–Crippen MR) is 130 cm³/mol. The summed E-state index contributed by atoms with van der Waals surface area (Å²) in [4.78, 5) is 18.1. The number of thiazole rings is 1. The highest BCUT2D eigenvalue weighted by atomic mass is 32.2. The van der Waals surface area contributed by atoms with E-state index >= 15 is 0 Å². The molecule has 0 aliphatic rings. The fourth-order valence-electron chi connectivity index (χ4n) is 2.84. The molecule has 1 amide bonds. The van der Waals surface area contributed by atoms with Gasteiger partial charge in [0.1, 0.15) is 5.82 Å². The second kappa shape index (κ2) is 10.1. The zero-order valence-electron chi connectivity index (χ0n) is 16.9. The first-order chi connectivity index (χ1) is 15.1.